The number of amides is 2. The summed E-state index contributed by atoms with van der Waals surface area (Å²) in [5.74, 6) is -0.244. The fourth-order valence-corrected chi connectivity index (χ4v) is 3.25. The van der Waals surface area contributed by atoms with E-state index < -0.39 is 18.6 Å². The van der Waals surface area contributed by atoms with E-state index in [9.17, 15) is 22.8 Å². The van der Waals surface area contributed by atoms with Crippen LogP contribution in [0.5, 0.6) is 0 Å². The second-order valence-corrected chi connectivity index (χ2v) is 7.14. The van der Waals surface area contributed by atoms with Crippen LogP contribution in [0, 0.1) is 18.8 Å². The molecule has 150 valence electrons. The molecule has 1 aliphatic heterocycles. The minimum Gasteiger partial charge on any atom is -0.343 e. The first-order chi connectivity index (χ1) is 12.7. The van der Waals surface area contributed by atoms with Crippen LogP contribution >= 0.6 is 0 Å². The average Bonchev–Trinajstić information content (AvgIpc) is 2.61. The van der Waals surface area contributed by atoms with Crippen LogP contribution in [-0.4, -0.2) is 37.6 Å². The first kappa shape index (κ1) is 21.2. The quantitative estimate of drug-likeness (QED) is 0.704. The highest BCUT2D eigenvalue weighted by atomic mass is 19.4. The molecule has 2 amide bonds. The summed E-state index contributed by atoms with van der Waals surface area (Å²) >= 11 is 0. The van der Waals surface area contributed by atoms with Gasteiger partial charge in [-0.05, 0) is 62.4 Å². The smallest absolute Gasteiger partial charge is 0.343 e. The molecular weight excluding hydrogens is 359 g/mol. The van der Waals surface area contributed by atoms with Gasteiger partial charge in [-0.1, -0.05) is 13.0 Å². The van der Waals surface area contributed by atoms with Gasteiger partial charge in [0, 0.05) is 17.7 Å². The van der Waals surface area contributed by atoms with E-state index in [0.29, 0.717) is 18.0 Å². The Labute approximate surface area is 157 Å². The Morgan fingerprint density at radius 1 is 1.26 bits per heavy atom. The lowest BCUT2D eigenvalue weighted by Crippen LogP contribution is -2.33. The van der Waals surface area contributed by atoms with Gasteiger partial charge in [0.2, 0.25) is 5.91 Å². The van der Waals surface area contributed by atoms with E-state index >= 15 is 0 Å². The molecule has 0 aromatic heterocycles. The largest absolute Gasteiger partial charge is 0.405 e. The Balaban J connectivity index is 1.96. The highest BCUT2D eigenvalue weighted by Crippen LogP contribution is 2.25. The lowest BCUT2D eigenvalue weighted by molar-refractivity contribution is -0.123. The number of hydrogen-bond donors (Lipinski definition) is 3. The molecule has 1 aromatic rings. The van der Waals surface area contributed by atoms with Crippen molar-refractivity contribution in [3.63, 3.8) is 0 Å². The van der Waals surface area contributed by atoms with Crippen LogP contribution in [0.4, 0.5) is 18.9 Å². The molecule has 3 N–H and O–H groups in total. The maximum absolute atomic E-state index is 12.4. The third kappa shape index (κ3) is 6.86. The normalized spacial score (nSPS) is 16.6. The van der Waals surface area contributed by atoms with Crippen LogP contribution in [0.1, 0.15) is 42.1 Å². The number of nitrogens with one attached hydrogen (secondary N) is 3. The lowest BCUT2D eigenvalue weighted by atomic mass is 9.84. The van der Waals surface area contributed by atoms with E-state index in [-0.39, 0.29) is 17.4 Å². The Bertz CT molecular complexity index is 671. The summed E-state index contributed by atoms with van der Waals surface area (Å²) in [6, 6.07) is 4.46. The molecule has 1 saturated heterocycles. The van der Waals surface area contributed by atoms with E-state index in [1.165, 1.54) is 12.1 Å². The zero-order chi connectivity index (χ0) is 20.0. The number of carbonyl (C=O) groups is 2. The van der Waals surface area contributed by atoms with Crippen LogP contribution in [0.25, 0.3) is 0 Å². The van der Waals surface area contributed by atoms with Crippen molar-refractivity contribution in [2.24, 2.45) is 11.8 Å². The highest BCUT2D eigenvalue weighted by Gasteiger charge is 2.28. The molecule has 8 heteroatoms. The Kier molecular flexibility index (Phi) is 7.24. The second kappa shape index (κ2) is 9.21. The summed E-state index contributed by atoms with van der Waals surface area (Å²) in [6.45, 7) is 4.36. The summed E-state index contributed by atoms with van der Waals surface area (Å²) in [5.41, 5.74) is 1.26. The van der Waals surface area contributed by atoms with Crippen molar-refractivity contribution in [2.45, 2.75) is 39.3 Å². The van der Waals surface area contributed by atoms with Gasteiger partial charge in [0.1, 0.15) is 6.54 Å². The molecule has 5 nitrogen and oxygen atoms in total. The lowest BCUT2D eigenvalue weighted by Gasteiger charge is -2.28. The van der Waals surface area contributed by atoms with Crippen molar-refractivity contribution in [1.82, 2.24) is 10.6 Å². The highest BCUT2D eigenvalue weighted by molar-refractivity contribution is 5.97. The van der Waals surface area contributed by atoms with Crippen LogP contribution < -0.4 is 16.0 Å². The third-order valence-electron chi connectivity index (χ3n) is 4.92. The van der Waals surface area contributed by atoms with Gasteiger partial charge in [-0.15, -0.1) is 0 Å². The first-order valence-electron chi connectivity index (χ1n) is 9.12. The Morgan fingerprint density at radius 2 is 1.93 bits per heavy atom. The van der Waals surface area contributed by atoms with Gasteiger partial charge in [-0.2, -0.15) is 13.2 Å². The molecule has 1 aliphatic rings. The number of rotatable bonds is 6. The number of anilines is 1. The van der Waals surface area contributed by atoms with Crippen molar-refractivity contribution < 1.29 is 22.8 Å². The van der Waals surface area contributed by atoms with Gasteiger partial charge < -0.3 is 16.0 Å². The summed E-state index contributed by atoms with van der Waals surface area (Å²) in [5, 5.41) is 7.92. The maximum Gasteiger partial charge on any atom is 0.405 e. The molecule has 1 heterocycles. The number of hydrogen-bond acceptors (Lipinski definition) is 3. The minimum atomic E-state index is -4.47. The van der Waals surface area contributed by atoms with Crippen molar-refractivity contribution >= 4 is 17.5 Å². The minimum absolute atomic E-state index is 0.0755. The number of halogens is 3. The van der Waals surface area contributed by atoms with Crippen molar-refractivity contribution in [3.8, 4) is 0 Å². The van der Waals surface area contributed by atoms with Gasteiger partial charge in [0.05, 0.1) is 0 Å². The van der Waals surface area contributed by atoms with E-state index in [1.807, 2.05) is 5.32 Å². The zero-order valence-corrected chi connectivity index (χ0v) is 15.6. The van der Waals surface area contributed by atoms with Crippen LogP contribution in [0.15, 0.2) is 18.2 Å². The summed E-state index contributed by atoms with van der Waals surface area (Å²) in [4.78, 5) is 24.3. The van der Waals surface area contributed by atoms with Gasteiger partial charge in [-0.3, -0.25) is 9.59 Å². The van der Waals surface area contributed by atoms with E-state index in [2.05, 4.69) is 17.6 Å². The number of aryl methyl sites for hydroxylation is 1. The molecule has 1 aromatic carbocycles. The molecule has 1 atom stereocenters. The van der Waals surface area contributed by atoms with Crippen LogP contribution in [0.2, 0.25) is 0 Å². The average molecular weight is 385 g/mol. The SMILES string of the molecule is Cc1ccc(C(=O)NCC(F)(F)F)cc1NC(=O)CC(C)C1CCNCC1. The van der Waals surface area contributed by atoms with Gasteiger partial charge in [-0.25, -0.2) is 0 Å². The molecule has 27 heavy (non-hydrogen) atoms. The second-order valence-electron chi connectivity index (χ2n) is 7.14. The first-order valence-corrected chi connectivity index (χ1v) is 9.12. The van der Waals surface area contributed by atoms with E-state index in [4.69, 9.17) is 0 Å². The third-order valence-corrected chi connectivity index (χ3v) is 4.92. The maximum atomic E-state index is 12.4. The Morgan fingerprint density at radius 3 is 2.56 bits per heavy atom. The van der Waals surface area contributed by atoms with E-state index in [0.717, 1.165) is 31.5 Å². The molecule has 0 saturated carbocycles. The molecular formula is C19H26F3N3O2. The number of benzene rings is 1. The molecule has 1 fully saturated rings. The molecule has 2 rings (SSSR count). The van der Waals surface area contributed by atoms with Crippen molar-refractivity contribution in [3.05, 3.63) is 29.3 Å². The van der Waals surface area contributed by atoms with Crippen LogP contribution in [-0.2, 0) is 4.79 Å². The summed E-state index contributed by atoms with van der Waals surface area (Å²) in [6.07, 6.45) is -2.01. The monoisotopic (exact) mass is 385 g/mol. The molecule has 0 aliphatic carbocycles. The molecule has 0 bridgehead atoms. The standard InChI is InChI=1S/C19H26F3N3O2/c1-12-3-4-15(18(27)24-11-19(20,21)22)10-16(12)25-17(26)9-13(2)14-5-7-23-8-6-14/h3-4,10,13-14,23H,5-9,11H2,1-2H3,(H,24,27)(H,25,26). The number of carbonyl (C=O) groups excluding carboxylic acids is 2. The predicted octanol–water partition coefficient (Wildman–Crippen LogP) is 3.25. The fourth-order valence-electron chi connectivity index (χ4n) is 3.25. The van der Waals surface area contributed by atoms with Crippen molar-refractivity contribution in [1.29, 1.82) is 0 Å². The van der Waals surface area contributed by atoms with E-state index in [1.54, 1.807) is 13.0 Å². The van der Waals surface area contributed by atoms with Crippen LogP contribution in [0.3, 0.4) is 0 Å². The molecule has 1 unspecified atom stereocenters. The topological polar surface area (TPSA) is 70.2 Å². The zero-order valence-electron chi connectivity index (χ0n) is 15.6. The number of alkyl halides is 3. The fraction of sp³-hybridized carbons (Fsp3) is 0.579. The van der Waals surface area contributed by atoms with Crippen molar-refractivity contribution in [2.75, 3.05) is 25.0 Å². The Hall–Kier alpha value is -2.09. The molecule has 0 spiro atoms. The van der Waals surface area contributed by atoms with Gasteiger partial charge >= 0.3 is 6.18 Å². The van der Waals surface area contributed by atoms with Gasteiger partial charge in [0.15, 0.2) is 0 Å². The predicted molar refractivity (Wildman–Crippen MR) is 97.6 cm³/mol. The number of piperidine rings is 1. The van der Waals surface area contributed by atoms with Gasteiger partial charge in [0.25, 0.3) is 5.91 Å². The summed E-state index contributed by atoms with van der Waals surface area (Å²) < 4.78 is 36.7. The molecule has 0 radical (unpaired) electrons. The summed E-state index contributed by atoms with van der Waals surface area (Å²) in [7, 11) is 0.